The molecule has 0 aliphatic rings. The van der Waals surface area contributed by atoms with Gasteiger partial charge < -0.3 is 5.11 Å². The molecule has 0 radical (unpaired) electrons. The summed E-state index contributed by atoms with van der Waals surface area (Å²) >= 11 is 11.2. The third-order valence-corrected chi connectivity index (χ3v) is 4.33. The smallest absolute Gasteiger partial charge is 0.337 e. The van der Waals surface area contributed by atoms with Gasteiger partial charge in [-0.1, -0.05) is 32.4 Å². The summed E-state index contributed by atoms with van der Waals surface area (Å²) in [5, 5.41) is 23.7. The molecule has 0 atom stereocenters. The molecular weight excluding hydrogens is 362 g/mol. The minimum atomic E-state index is -1.11. The molecule has 0 spiro atoms. The Morgan fingerprint density at radius 1 is 1.24 bits per heavy atom. The van der Waals surface area contributed by atoms with Gasteiger partial charge in [-0.2, -0.15) is 10.2 Å². The number of rotatable bonds is 3. The zero-order valence-electron chi connectivity index (χ0n) is 13.8. The molecule has 130 valence electrons. The van der Waals surface area contributed by atoms with E-state index in [2.05, 4.69) is 41.2 Å². The van der Waals surface area contributed by atoms with Gasteiger partial charge in [0.25, 0.3) is 0 Å². The number of hydrogen-bond donors (Lipinski definition) is 3. The number of nitrogens with one attached hydrogen (secondary N) is 2. The molecule has 2 heterocycles. The Kier molecular flexibility index (Phi) is 4.26. The Hall–Kier alpha value is -2.45. The lowest BCUT2D eigenvalue weighted by Crippen LogP contribution is -2.11. The average molecular weight is 378 g/mol. The van der Waals surface area contributed by atoms with Crippen LogP contribution >= 0.6 is 23.8 Å². The number of carboxylic acid groups (broad SMARTS) is 1. The zero-order valence-corrected chi connectivity index (χ0v) is 15.4. The fourth-order valence-electron chi connectivity index (χ4n) is 2.35. The number of benzene rings is 1. The minimum Gasteiger partial charge on any atom is -0.478 e. The van der Waals surface area contributed by atoms with E-state index < -0.39 is 5.97 Å². The molecule has 0 amide bonds. The first kappa shape index (κ1) is 17.4. The lowest BCUT2D eigenvalue weighted by molar-refractivity contribution is 0.0697. The van der Waals surface area contributed by atoms with Gasteiger partial charge in [0.2, 0.25) is 0 Å². The topological polar surface area (TPSA) is 99.6 Å². The summed E-state index contributed by atoms with van der Waals surface area (Å²) in [5.74, 6) is -0.631. The summed E-state index contributed by atoms with van der Waals surface area (Å²) in [7, 11) is 0. The first-order valence-electron chi connectivity index (χ1n) is 7.45. The van der Waals surface area contributed by atoms with Gasteiger partial charge in [0.05, 0.1) is 16.3 Å². The first-order chi connectivity index (χ1) is 11.7. The third-order valence-electron chi connectivity index (χ3n) is 3.73. The molecule has 0 saturated carbocycles. The van der Waals surface area contributed by atoms with Crippen molar-refractivity contribution in [2.24, 2.45) is 0 Å². The number of carbonyl (C=O) groups is 1. The van der Waals surface area contributed by atoms with Crippen LogP contribution in [-0.2, 0) is 5.41 Å². The van der Waals surface area contributed by atoms with E-state index in [4.69, 9.17) is 23.8 Å². The summed E-state index contributed by atoms with van der Waals surface area (Å²) in [6.07, 6.45) is 0. The molecule has 9 heteroatoms. The molecule has 2 aromatic heterocycles. The summed E-state index contributed by atoms with van der Waals surface area (Å²) in [5.41, 5.74) is 1.98. The van der Waals surface area contributed by atoms with Crippen molar-refractivity contribution in [3.05, 3.63) is 45.3 Å². The van der Waals surface area contributed by atoms with E-state index in [-0.39, 0.29) is 16.0 Å². The second kappa shape index (κ2) is 6.12. The predicted octanol–water partition coefficient (Wildman–Crippen LogP) is 3.97. The summed E-state index contributed by atoms with van der Waals surface area (Å²) in [6, 6.07) is 6.55. The van der Waals surface area contributed by atoms with E-state index in [0.29, 0.717) is 22.0 Å². The van der Waals surface area contributed by atoms with Gasteiger partial charge in [-0.3, -0.25) is 14.8 Å². The van der Waals surface area contributed by atoms with E-state index in [1.165, 1.54) is 12.1 Å². The van der Waals surface area contributed by atoms with Gasteiger partial charge in [0, 0.05) is 11.1 Å². The quantitative estimate of drug-likeness (QED) is 0.600. The van der Waals surface area contributed by atoms with Crippen LogP contribution in [0.1, 0.15) is 36.8 Å². The van der Waals surface area contributed by atoms with Crippen LogP contribution in [0.4, 0.5) is 0 Å². The van der Waals surface area contributed by atoms with Gasteiger partial charge in [0.15, 0.2) is 10.6 Å². The fourth-order valence-corrected chi connectivity index (χ4v) is 2.78. The maximum absolute atomic E-state index is 11.3. The Balaban J connectivity index is 2.16. The standard InChI is InChI=1S/C16H16ClN5O2S/c1-16(2,3)12-7-11(18-19-12)13-20-21-15(25)22(13)8-4-5-10(17)9(6-8)14(23)24/h4-7H,1-3H3,(H,18,19)(H,21,25)(H,23,24). The highest BCUT2D eigenvalue weighted by molar-refractivity contribution is 7.71. The number of hydrogen-bond acceptors (Lipinski definition) is 4. The molecule has 0 aliphatic carbocycles. The lowest BCUT2D eigenvalue weighted by atomic mass is 9.92. The van der Waals surface area contributed by atoms with Crippen LogP contribution in [0, 0.1) is 4.77 Å². The molecule has 0 unspecified atom stereocenters. The monoisotopic (exact) mass is 377 g/mol. The second-order valence-electron chi connectivity index (χ2n) is 6.57. The average Bonchev–Trinajstić information content (AvgIpc) is 3.14. The van der Waals surface area contributed by atoms with Crippen LogP contribution in [-0.4, -0.2) is 36.0 Å². The Morgan fingerprint density at radius 3 is 2.56 bits per heavy atom. The van der Waals surface area contributed by atoms with Gasteiger partial charge in [-0.25, -0.2) is 4.79 Å². The number of carboxylic acids is 1. The maximum atomic E-state index is 11.3. The minimum absolute atomic E-state index is 0.00868. The Labute approximate surface area is 153 Å². The van der Waals surface area contributed by atoms with Gasteiger partial charge in [-0.15, -0.1) is 0 Å². The molecule has 0 fully saturated rings. The highest BCUT2D eigenvalue weighted by Gasteiger charge is 2.21. The van der Waals surface area contributed by atoms with Crippen LogP contribution in [0.15, 0.2) is 24.3 Å². The molecular formula is C16H16ClN5O2S. The molecule has 3 N–H and O–H groups in total. The summed E-state index contributed by atoms with van der Waals surface area (Å²) in [4.78, 5) is 11.3. The third kappa shape index (κ3) is 3.22. The van der Waals surface area contributed by atoms with Crippen LogP contribution in [0.2, 0.25) is 5.02 Å². The number of aromatic nitrogens is 5. The van der Waals surface area contributed by atoms with E-state index >= 15 is 0 Å². The van der Waals surface area contributed by atoms with Crippen molar-refractivity contribution in [3.63, 3.8) is 0 Å². The predicted molar refractivity (Wildman–Crippen MR) is 97.0 cm³/mol. The second-order valence-corrected chi connectivity index (χ2v) is 7.37. The van der Waals surface area contributed by atoms with Gasteiger partial charge in [-0.05, 0) is 36.5 Å². The highest BCUT2D eigenvalue weighted by atomic mass is 35.5. The number of aromatic carboxylic acids is 1. The largest absolute Gasteiger partial charge is 0.478 e. The molecule has 0 aliphatic heterocycles. The van der Waals surface area contributed by atoms with E-state index in [9.17, 15) is 9.90 Å². The van der Waals surface area contributed by atoms with E-state index in [1.54, 1.807) is 10.6 Å². The van der Waals surface area contributed by atoms with E-state index in [1.807, 2.05) is 6.07 Å². The number of nitrogens with zero attached hydrogens (tertiary/aromatic N) is 3. The lowest BCUT2D eigenvalue weighted by Gasteiger charge is -2.14. The van der Waals surface area contributed by atoms with Crippen molar-refractivity contribution in [1.29, 1.82) is 0 Å². The maximum Gasteiger partial charge on any atom is 0.337 e. The normalized spacial score (nSPS) is 11.7. The fraction of sp³-hybridized carbons (Fsp3) is 0.250. The first-order valence-corrected chi connectivity index (χ1v) is 8.24. The van der Waals surface area contributed by atoms with Gasteiger partial charge in [0.1, 0.15) is 5.69 Å². The molecule has 3 aromatic rings. The number of aromatic amines is 2. The molecule has 7 nitrogen and oxygen atoms in total. The van der Waals surface area contributed by atoms with Crippen molar-refractivity contribution in [1.82, 2.24) is 25.0 Å². The molecule has 0 saturated heterocycles. The van der Waals surface area contributed by atoms with Crippen molar-refractivity contribution in [3.8, 4) is 17.2 Å². The van der Waals surface area contributed by atoms with Crippen LogP contribution in [0.25, 0.3) is 17.2 Å². The SMILES string of the molecule is CC(C)(C)c1cc(-c2n[nH]c(=S)n2-c2ccc(Cl)c(C(=O)O)c2)n[nH]1. The van der Waals surface area contributed by atoms with Crippen molar-refractivity contribution in [2.45, 2.75) is 26.2 Å². The van der Waals surface area contributed by atoms with Gasteiger partial charge >= 0.3 is 5.97 Å². The number of H-pyrrole nitrogens is 2. The van der Waals surface area contributed by atoms with Crippen LogP contribution in [0.5, 0.6) is 0 Å². The Morgan fingerprint density at radius 2 is 1.96 bits per heavy atom. The summed E-state index contributed by atoms with van der Waals surface area (Å²) in [6.45, 7) is 6.21. The molecule has 3 rings (SSSR count). The molecule has 0 bridgehead atoms. The zero-order chi connectivity index (χ0) is 18.4. The highest BCUT2D eigenvalue weighted by Crippen LogP contribution is 2.27. The van der Waals surface area contributed by atoms with Crippen molar-refractivity contribution in [2.75, 3.05) is 0 Å². The number of halogens is 1. The molecule has 1 aromatic carbocycles. The molecule has 25 heavy (non-hydrogen) atoms. The Bertz CT molecular complexity index is 1010. The van der Waals surface area contributed by atoms with Crippen LogP contribution in [0.3, 0.4) is 0 Å². The summed E-state index contributed by atoms with van der Waals surface area (Å²) < 4.78 is 1.95. The van der Waals surface area contributed by atoms with E-state index in [0.717, 1.165) is 5.69 Å². The van der Waals surface area contributed by atoms with Crippen molar-refractivity contribution < 1.29 is 9.90 Å². The van der Waals surface area contributed by atoms with Crippen LogP contribution < -0.4 is 0 Å². The van der Waals surface area contributed by atoms with Crippen molar-refractivity contribution >= 4 is 29.8 Å².